The van der Waals surface area contributed by atoms with Crippen molar-refractivity contribution in [3.8, 4) is 10.6 Å². The number of benzene rings is 1. The van der Waals surface area contributed by atoms with E-state index in [4.69, 9.17) is 4.98 Å². The minimum absolute atomic E-state index is 0.00271. The van der Waals surface area contributed by atoms with E-state index in [9.17, 15) is 14.0 Å². The van der Waals surface area contributed by atoms with Crippen molar-refractivity contribution in [3.05, 3.63) is 59.4 Å². The van der Waals surface area contributed by atoms with Crippen molar-refractivity contribution < 1.29 is 14.0 Å². The summed E-state index contributed by atoms with van der Waals surface area (Å²) in [4.78, 5) is 30.2. The average molecular weight is 438 g/mol. The summed E-state index contributed by atoms with van der Waals surface area (Å²) in [5.41, 5.74) is 2.05. The molecule has 9 heteroatoms. The van der Waals surface area contributed by atoms with Crippen LogP contribution in [0.4, 0.5) is 15.8 Å². The van der Waals surface area contributed by atoms with Crippen LogP contribution in [0.15, 0.2) is 48.0 Å². The molecule has 1 aromatic carbocycles. The lowest BCUT2D eigenvalue weighted by Crippen LogP contribution is -2.14. The Labute approximate surface area is 181 Å². The topological polar surface area (TPSA) is 88.9 Å². The van der Waals surface area contributed by atoms with Crippen LogP contribution < -0.4 is 10.6 Å². The molecule has 3 heterocycles. The first-order chi connectivity index (χ1) is 14.8. The SMILES string of the molecule is CC(=O)Nc1cc(NC(=O)c2cc(-c3cccs3)nc3c2cnn3C(C)C)ccc1F. The summed E-state index contributed by atoms with van der Waals surface area (Å²) in [6.45, 7) is 5.28. The zero-order valence-corrected chi connectivity index (χ0v) is 18.0. The molecule has 2 amide bonds. The molecule has 0 aliphatic heterocycles. The zero-order chi connectivity index (χ0) is 22.1. The van der Waals surface area contributed by atoms with Crippen LogP contribution in [-0.2, 0) is 4.79 Å². The maximum atomic E-state index is 13.9. The molecule has 0 saturated heterocycles. The quantitative estimate of drug-likeness (QED) is 0.455. The molecule has 0 aliphatic rings. The van der Waals surface area contributed by atoms with Gasteiger partial charge in [0.25, 0.3) is 5.91 Å². The summed E-state index contributed by atoms with van der Waals surface area (Å²) in [7, 11) is 0. The van der Waals surface area contributed by atoms with Crippen LogP contribution in [0.1, 0.15) is 37.2 Å². The van der Waals surface area contributed by atoms with Gasteiger partial charge >= 0.3 is 0 Å². The number of amides is 2. The smallest absolute Gasteiger partial charge is 0.256 e. The molecule has 158 valence electrons. The van der Waals surface area contributed by atoms with E-state index in [-0.39, 0.29) is 17.6 Å². The fourth-order valence-electron chi connectivity index (χ4n) is 3.22. The number of carbonyl (C=O) groups excluding carboxylic acids is 2. The number of anilines is 2. The number of thiophene rings is 1. The van der Waals surface area contributed by atoms with Crippen molar-refractivity contribution in [1.29, 1.82) is 0 Å². The first kappa shape index (κ1) is 20.7. The van der Waals surface area contributed by atoms with Gasteiger partial charge in [-0.25, -0.2) is 14.1 Å². The zero-order valence-electron chi connectivity index (χ0n) is 17.1. The van der Waals surface area contributed by atoms with Crippen molar-refractivity contribution >= 4 is 45.6 Å². The van der Waals surface area contributed by atoms with Gasteiger partial charge in [0.05, 0.1) is 33.4 Å². The van der Waals surface area contributed by atoms with Crippen LogP contribution in [-0.4, -0.2) is 26.6 Å². The van der Waals surface area contributed by atoms with Crippen LogP contribution in [0.2, 0.25) is 0 Å². The summed E-state index contributed by atoms with van der Waals surface area (Å²) < 4.78 is 15.7. The van der Waals surface area contributed by atoms with E-state index < -0.39 is 11.7 Å². The second-order valence-corrected chi connectivity index (χ2v) is 8.23. The fourth-order valence-corrected chi connectivity index (χ4v) is 3.91. The Morgan fingerprint density at radius 3 is 2.65 bits per heavy atom. The monoisotopic (exact) mass is 437 g/mol. The highest BCUT2D eigenvalue weighted by Crippen LogP contribution is 2.29. The lowest BCUT2D eigenvalue weighted by Gasteiger charge is -2.11. The molecule has 0 fully saturated rings. The number of nitrogens with zero attached hydrogens (tertiary/aromatic N) is 3. The number of hydrogen-bond acceptors (Lipinski definition) is 5. The minimum atomic E-state index is -0.585. The predicted octanol–water partition coefficient (Wildman–Crippen LogP) is 5.09. The lowest BCUT2D eigenvalue weighted by atomic mass is 10.1. The maximum Gasteiger partial charge on any atom is 0.256 e. The van der Waals surface area contributed by atoms with Gasteiger partial charge in [-0.1, -0.05) is 6.07 Å². The number of carbonyl (C=O) groups is 2. The van der Waals surface area contributed by atoms with Crippen LogP contribution in [0.5, 0.6) is 0 Å². The first-order valence-corrected chi connectivity index (χ1v) is 10.5. The Balaban J connectivity index is 1.76. The minimum Gasteiger partial charge on any atom is -0.324 e. The summed E-state index contributed by atoms with van der Waals surface area (Å²) in [5, 5.41) is 12.2. The third kappa shape index (κ3) is 4.17. The van der Waals surface area contributed by atoms with Gasteiger partial charge in [-0.2, -0.15) is 5.10 Å². The van der Waals surface area contributed by atoms with Crippen molar-refractivity contribution in [2.24, 2.45) is 0 Å². The summed E-state index contributed by atoms with van der Waals surface area (Å²) in [6, 6.07) is 9.67. The Bertz CT molecular complexity index is 1280. The van der Waals surface area contributed by atoms with E-state index in [1.807, 2.05) is 31.4 Å². The third-order valence-corrected chi connectivity index (χ3v) is 5.50. The van der Waals surface area contributed by atoms with E-state index in [1.165, 1.54) is 36.5 Å². The normalized spacial score (nSPS) is 11.1. The van der Waals surface area contributed by atoms with Gasteiger partial charge in [0, 0.05) is 18.7 Å². The van der Waals surface area contributed by atoms with Gasteiger partial charge in [-0.3, -0.25) is 9.59 Å². The van der Waals surface area contributed by atoms with Gasteiger partial charge in [0.2, 0.25) is 5.91 Å². The van der Waals surface area contributed by atoms with Crippen molar-refractivity contribution in [3.63, 3.8) is 0 Å². The fraction of sp³-hybridized carbons (Fsp3) is 0.182. The van der Waals surface area contributed by atoms with Crippen molar-refractivity contribution in [2.45, 2.75) is 26.8 Å². The number of nitrogens with one attached hydrogen (secondary N) is 2. The van der Waals surface area contributed by atoms with Crippen LogP contribution >= 0.6 is 11.3 Å². The van der Waals surface area contributed by atoms with E-state index in [0.29, 0.717) is 28.0 Å². The number of rotatable bonds is 5. The molecule has 0 spiro atoms. The van der Waals surface area contributed by atoms with E-state index in [0.717, 1.165) is 4.88 Å². The molecule has 4 rings (SSSR count). The molecule has 0 atom stereocenters. The molecular weight excluding hydrogens is 417 g/mol. The molecule has 0 unspecified atom stereocenters. The Kier molecular flexibility index (Phi) is 5.51. The van der Waals surface area contributed by atoms with E-state index in [1.54, 1.807) is 16.9 Å². The van der Waals surface area contributed by atoms with Crippen LogP contribution in [0, 0.1) is 5.82 Å². The molecule has 2 N–H and O–H groups in total. The van der Waals surface area contributed by atoms with Crippen LogP contribution in [0.25, 0.3) is 21.6 Å². The molecule has 0 aliphatic carbocycles. The Morgan fingerprint density at radius 1 is 1.16 bits per heavy atom. The number of fused-ring (bicyclic) bond motifs is 1. The molecule has 0 radical (unpaired) electrons. The number of pyridine rings is 1. The van der Waals surface area contributed by atoms with Gasteiger partial charge in [0.1, 0.15) is 5.82 Å². The highest BCUT2D eigenvalue weighted by molar-refractivity contribution is 7.13. The van der Waals surface area contributed by atoms with Crippen LogP contribution in [0.3, 0.4) is 0 Å². The summed E-state index contributed by atoms with van der Waals surface area (Å²) >= 11 is 1.53. The molecule has 0 bridgehead atoms. The number of halogens is 1. The largest absolute Gasteiger partial charge is 0.324 e. The maximum absolute atomic E-state index is 13.9. The lowest BCUT2D eigenvalue weighted by molar-refractivity contribution is -0.114. The molecule has 31 heavy (non-hydrogen) atoms. The van der Waals surface area contributed by atoms with Gasteiger partial charge in [-0.15, -0.1) is 11.3 Å². The second kappa shape index (κ2) is 8.27. The molecular formula is C22H20FN5O2S. The molecule has 3 aromatic heterocycles. The second-order valence-electron chi connectivity index (χ2n) is 7.28. The summed E-state index contributed by atoms with van der Waals surface area (Å²) in [5.74, 6) is -1.37. The van der Waals surface area contributed by atoms with Gasteiger partial charge in [-0.05, 0) is 49.6 Å². The Morgan fingerprint density at radius 2 is 1.97 bits per heavy atom. The average Bonchev–Trinajstić information content (AvgIpc) is 3.39. The van der Waals surface area contributed by atoms with Gasteiger partial charge < -0.3 is 10.6 Å². The van der Waals surface area contributed by atoms with E-state index >= 15 is 0 Å². The molecule has 4 aromatic rings. The number of aromatic nitrogens is 3. The first-order valence-electron chi connectivity index (χ1n) is 9.64. The van der Waals surface area contributed by atoms with E-state index in [2.05, 4.69) is 15.7 Å². The molecule has 0 saturated carbocycles. The third-order valence-electron chi connectivity index (χ3n) is 4.61. The highest BCUT2D eigenvalue weighted by atomic mass is 32.1. The predicted molar refractivity (Wildman–Crippen MR) is 120 cm³/mol. The standard InChI is InChI=1S/C22H20FN5O2S/c1-12(2)28-21-16(11-24-28)15(10-19(27-21)20-5-4-8-31-20)22(30)26-14-6-7-17(23)18(9-14)25-13(3)29/h4-12H,1-3H3,(H,25,29)(H,26,30). The Hall–Kier alpha value is -3.59. The highest BCUT2D eigenvalue weighted by Gasteiger charge is 2.19. The summed E-state index contributed by atoms with van der Waals surface area (Å²) in [6.07, 6.45) is 1.63. The van der Waals surface area contributed by atoms with Crippen molar-refractivity contribution in [1.82, 2.24) is 14.8 Å². The molecule has 7 nitrogen and oxygen atoms in total. The van der Waals surface area contributed by atoms with Gasteiger partial charge in [0.15, 0.2) is 5.65 Å². The number of hydrogen-bond donors (Lipinski definition) is 2. The van der Waals surface area contributed by atoms with Crippen molar-refractivity contribution in [2.75, 3.05) is 10.6 Å².